The van der Waals surface area contributed by atoms with E-state index >= 15 is 0 Å². The Morgan fingerprint density at radius 1 is 1.06 bits per heavy atom. The molecule has 3 unspecified atom stereocenters. The van der Waals surface area contributed by atoms with E-state index in [9.17, 15) is 0 Å². The van der Waals surface area contributed by atoms with Crippen LogP contribution in [0.3, 0.4) is 0 Å². The summed E-state index contributed by atoms with van der Waals surface area (Å²) in [5, 5.41) is 3.73. The zero-order valence-corrected chi connectivity index (χ0v) is 12.5. The fourth-order valence-electron chi connectivity index (χ4n) is 3.57. The van der Waals surface area contributed by atoms with Crippen LogP contribution >= 0.6 is 0 Å². The van der Waals surface area contributed by atoms with Gasteiger partial charge in [-0.15, -0.1) is 0 Å². The molecule has 0 aromatic carbocycles. The average molecular weight is 239 g/mol. The first-order valence-electron chi connectivity index (χ1n) is 7.98. The lowest BCUT2D eigenvalue weighted by atomic mass is 9.73. The second-order valence-electron chi connectivity index (χ2n) is 5.93. The molecule has 1 nitrogen and oxygen atoms in total. The molecular weight excluding hydrogens is 206 g/mol. The van der Waals surface area contributed by atoms with Gasteiger partial charge in [0.2, 0.25) is 0 Å². The van der Waals surface area contributed by atoms with Gasteiger partial charge in [-0.2, -0.15) is 0 Å². The van der Waals surface area contributed by atoms with Crippen LogP contribution in [-0.2, 0) is 0 Å². The molecule has 0 bridgehead atoms. The Morgan fingerprint density at radius 2 is 1.76 bits per heavy atom. The summed E-state index contributed by atoms with van der Waals surface area (Å²) in [7, 11) is 0. The van der Waals surface area contributed by atoms with Gasteiger partial charge in [0, 0.05) is 6.04 Å². The summed E-state index contributed by atoms with van der Waals surface area (Å²) in [6.45, 7) is 10.5. The number of rotatable bonds is 7. The summed E-state index contributed by atoms with van der Waals surface area (Å²) in [4.78, 5) is 0. The molecular formula is C16H33N. The van der Waals surface area contributed by atoms with E-state index in [-0.39, 0.29) is 0 Å². The predicted molar refractivity (Wildman–Crippen MR) is 77.3 cm³/mol. The van der Waals surface area contributed by atoms with Crippen molar-refractivity contribution in [1.29, 1.82) is 0 Å². The summed E-state index contributed by atoms with van der Waals surface area (Å²) in [6.07, 6.45) is 9.92. The van der Waals surface area contributed by atoms with Crippen LogP contribution in [0.25, 0.3) is 0 Å². The molecule has 1 N–H and O–H groups in total. The summed E-state index contributed by atoms with van der Waals surface area (Å²) in [6, 6.07) is 0.809. The molecule has 1 aliphatic carbocycles. The highest BCUT2D eigenvalue weighted by Gasteiger charge is 2.30. The molecule has 0 aromatic rings. The second kappa shape index (κ2) is 8.13. The number of nitrogens with one attached hydrogen (secondary N) is 1. The minimum atomic E-state index is 0.809. The van der Waals surface area contributed by atoms with Gasteiger partial charge in [0.05, 0.1) is 0 Å². The van der Waals surface area contributed by atoms with E-state index in [4.69, 9.17) is 0 Å². The largest absolute Gasteiger partial charge is 0.314 e. The minimum Gasteiger partial charge on any atom is -0.314 e. The smallest absolute Gasteiger partial charge is 0.00955 e. The third kappa shape index (κ3) is 4.62. The first kappa shape index (κ1) is 15.0. The zero-order valence-electron chi connectivity index (χ0n) is 12.5. The molecule has 1 fully saturated rings. The Hall–Kier alpha value is -0.0400. The lowest BCUT2D eigenvalue weighted by molar-refractivity contribution is 0.168. The number of hydrogen-bond acceptors (Lipinski definition) is 1. The molecule has 0 amide bonds. The fraction of sp³-hybridized carbons (Fsp3) is 1.00. The highest BCUT2D eigenvalue weighted by molar-refractivity contribution is 4.85. The first-order valence-corrected chi connectivity index (χ1v) is 7.98. The third-order valence-electron chi connectivity index (χ3n) is 4.93. The maximum atomic E-state index is 3.73. The van der Waals surface area contributed by atoms with E-state index in [1.165, 1.54) is 44.9 Å². The van der Waals surface area contributed by atoms with Crippen LogP contribution in [0.15, 0.2) is 0 Å². The molecule has 0 aromatic heterocycles. The van der Waals surface area contributed by atoms with Crippen molar-refractivity contribution in [1.82, 2.24) is 5.32 Å². The molecule has 1 rings (SSSR count). The van der Waals surface area contributed by atoms with Crippen molar-refractivity contribution in [2.24, 2.45) is 17.8 Å². The van der Waals surface area contributed by atoms with E-state index in [0.717, 1.165) is 30.3 Å². The maximum absolute atomic E-state index is 3.73. The van der Waals surface area contributed by atoms with E-state index < -0.39 is 0 Å². The fourth-order valence-corrected chi connectivity index (χ4v) is 3.57. The topological polar surface area (TPSA) is 12.0 Å². The van der Waals surface area contributed by atoms with Gasteiger partial charge in [-0.05, 0) is 50.0 Å². The monoisotopic (exact) mass is 239 g/mol. The average Bonchev–Trinajstić information content (AvgIpc) is 2.37. The second-order valence-corrected chi connectivity index (χ2v) is 5.93. The molecule has 1 heteroatoms. The zero-order chi connectivity index (χ0) is 12.7. The summed E-state index contributed by atoms with van der Waals surface area (Å²) in [5.74, 6) is 2.90. The lowest BCUT2D eigenvalue weighted by Gasteiger charge is -2.38. The molecule has 1 aliphatic rings. The highest BCUT2D eigenvalue weighted by Crippen LogP contribution is 2.36. The van der Waals surface area contributed by atoms with E-state index in [1.54, 1.807) is 0 Å². The molecule has 0 spiro atoms. The molecule has 0 radical (unpaired) electrons. The first-order chi connectivity index (χ1) is 8.24. The Balaban J connectivity index is 2.53. The summed E-state index contributed by atoms with van der Waals surface area (Å²) >= 11 is 0. The van der Waals surface area contributed by atoms with Gasteiger partial charge in [-0.1, -0.05) is 47.0 Å². The van der Waals surface area contributed by atoms with Crippen LogP contribution in [0.4, 0.5) is 0 Å². The molecule has 17 heavy (non-hydrogen) atoms. The van der Waals surface area contributed by atoms with Crippen molar-refractivity contribution < 1.29 is 0 Å². The van der Waals surface area contributed by atoms with Gasteiger partial charge < -0.3 is 5.32 Å². The SMILES string of the molecule is CCNC1CCC(CC)CC1CC(CC)CC. The Bertz CT molecular complexity index is 186. The normalized spacial score (nSPS) is 29.8. The van der Waals surface area contributed by atoms with Gasteiger partial charge in [0.1, 0.15) is 0 Å². The van der Waals surface area contributed by atoms with E-state index in [2.05, 4.69) is 33.0 Å². The van der Waals surface area contributed by atoms with Crippen molar-refractivity contribution in [3.8, 4) is 0 Å². The summed E-state index contributed by atoms with van der Waals surface area (Å²) in [5.41, 5.74) is 0. The molecule has 1 saturated carbocycles. The van der Waals surface area contributed by atoms with Crippen LogP contribution in [-0.4, -0.2) is 12.6 Å². The van der Waals surface area contributed by atoms with E-state index in [0.29, 0.717) is 0 Å². The quantitative estimate of drug-likeness (QED) is 0.683. The maximum Gasteiger partial charge on any atom is 0.00955 e. The van der Waals surface area contributed by atoms with Crippen molar-refractivity contribution in [2.45, 2.75) is 78.7 Å². The van der Waals surface area contributed by atoms with Gasteiger partial charge in [-0.3, -0.25) is 0 Å². The van der Waals surface area contributed by atoms with Gasteiger partial charge in [-0.25, -0.2) is 0 Å². The van der Waals surface area contributed by atoms with Crippen LogP contribution in [0.2, 0.25) is 0 Å². The minimum absolute atomic E-state index is 0.809. The standard InChI is InChI=1S/C16H33N/c1-5-13(6-2)11-15-12-14(7-3)9-10-16(15)17-8-4/h13-17H,5-12H2,1-4H3. The lowest BCUT2D eigenvalue weighted by Crippen LogP contribution is -2.41. The molecule has 3 atom stereocenters. The van der Waals surface area contributed by atoms with Crippen molar-refractivity contribution in [3.63, 3.8) is 0 Å². The van der Waals surface area contributed by atoms with Gasteiger partial charge in [0.25, 0.3) is 0 Å². The van der Waals surface area contributed by atoms with Crippen molar-refractivity contribution >= 4 is 0 Å². The van der Waals surface area contributed by atoms with Crippen LogP contribution in [0.1, 0.15) is 72.6 Å². The molecule has 0 heterocycles. The van der Waals surface area contributed by atoms with E-state index in [1.807, 2.05) is 0 Å². The molecule has 0 aliphatic heterocycles. The summed E-state index contributed by atoms with van der Waals surface area (Å²) < 4.78 is 0. The third-order valence-corrected chi connectivity index (χ3v) is 4.93. The Kier molecular flexibility index (Phi) is 7.18. The number of hydrogen-bond donors (Lipinski definition) is 1. The predicted octanol–water partition coefficient (Wildman–Crippen LogP) is 4.62. The Morgan fingerprint density at radius 3 is 2.29 bits per heavy atom. The highest BCUT2D eigenvalue weighted by atomic mass is 14.9. The van der Waals surface area contributed by atoms with Crippen LogP contribution in [0, 0.1) is 17.8 Å². The van der Waals surface area contributed by atoms with Gasteiger partial charge >= 0.3 is 0 Å². The molecule has 102 valence electrons. The Labute approximate surface area is 109 Å². The van der Waals surface area contributed by atoms with Crippen molar-refractivity contribution in [3.05, 3.63) is 0 Å². The van der Waals surface area contributed by atoms with Crippen molar-refractivity contribution in [2.75, 3.05) is 6.54 Å². The van der Waals surface area contributed by atoms with Crippen LogP contribution < -0.4 is 5.32 Å². The van der Waals surface area contributed by atoms with Crippen LogP contribution in [0.5, 0.6) is 0 Å². The molecule has 0 saturated heterocycles. The van der Waals surface area contributed by atoms with Gasteiger partial charge in [0.15, 0.2) is 0 Å².